The molecule has 2 N–H and O–H groups in total. The predicted octanol–water partition coefficient (Wildman–Crippen LogP) is 3.71. The van der Waals surface area contributed by atoms with Crippen LogP contribution >= 0.6 is 0 Å². The standard InChI is InChI=1S/C21H25N5O3S/c1-14-12-18(10-11-19(14)29-5)30(27,28)25-17-8-6-16(7-9-17)24-20-13-21(26(3)4)23-15(2)22-20/h6-13,25H,1-5H3,(H,22,23,24). The summed E-state index contributed by atoms with van der Waals surface area (Å²) < 4.78 is 33.1. The van der Waals surface area contributed by atoms with Crippen LogP contribution in [0.15, 0.2) is 53.4 Å². The summed E-state index contributed by atoms with van der Waals surface area (Å²) in [5.74, 6) is 2.75. The van der Waals surface area contributed by atoms with Crippen LogP contribution in [0.2, 0.25) is 0 Å². The van der Waals surface area contributed by atoms with Gasteiger partial charge in [0.25, 0.3) is 10.0 Å². The maximum absolute atomic E-state index is 12.7. The highest BCUT2D eigenvalue weighted by Gasteiger charge is 2.15. The van der Waals surface area contributed by atoms with Gasteiger partial charge < -0.3 is 15.0 Å². The number of aromatic nitrogens is 2. The number of nitrogens with zero attached hydrogens (tertiary/aromatic N) is 3. The van der Waals surface area contributed by atoms with Crippen molar-refractivity contribution in [3.8, 4) is 5.75 Å². The largest absolute Gasteiger partial charge is 0.496 e. The van der Waals surface area contributed by atoms with Gasteiger partial charge in [0.1, 0.15) is 23.2 Å². The van der Waals surface area contributed by atoms with Gasteiger partial charge >= 0.3 is 0 Å². The highest BCUT2D eigenvalue weighted by Crippen LogP contribution is 2.25. The molecule has 0 aliphatic carbocycles. The van der Waals surface area contributed by atoms with Crippen LogP contribution < -0.4 is 19.7 Å². The highest BCUT2D eigenvalue weighted by atomic mass is 32.2. The van der Waals surface area contributed by atoms with Crippen LogP contribution in [0.25, 0.3) is 0 Å². The lowest BCUT2D eigenvalue weighted by molar-refractivity contribution is 0.411. The molecule has 1 heterocycles. The monoisotopic (exact) mass is 427 g/mol. The third-order valence-electron chi connectivity index (χ3n) is 4.37. The molecule has 0 atom stereocenters. The van der Waals surface area contributed by atoms with E-state index in [0.29, 0.717) is 23.1 Å². The minimum Gasteiger partial charge on any atom is -0.496 e. The number of ether oxygens (including phenoxy) is 1. The predicted molar refractivity (Wildman–Crippen MR) is 119 cm³/mol. The SMILES string of the molecule is COc1ccc(S(=O)(=O)Nc2ccc(Nc3cc(N(C)C)nc(C)n3)cc2)cc1C. The van der Waals surface area contributed by atoms with Crippen molar-refractivity contribution in [1.29, 1.82) is 0 Å². The number of aryl methyl sites for hydroxylation is 2. The zero-order valence-corrected chi connectivity index (χ0v) is 18.4. The number of anilines is 4. The highest BCUT2D eigenvalue weighted by molar-refractivity contribution is 7.92. The van der Waals surface area contributed by atoms with Crippen molar-refractivity contribution in [3.63, 3.8) is 0 Å². The Kier molecular flexibility index (Phi) is 6.12. The summed E-state index contributed by atoms with van der Waals surface area (Å²) in [6.07, 6.45) is 0. The molecule has 0 fully saturated rings. The third kappa shape index (κ3) is 4.98. The number of hydrogen-bond acceptors (Lipinski definition) is 7. The van der Waals surface area contributed by atoms with Crippen molar-refractivity contribution < 1.29 is 13.2 Å². The molecule has 0 aliphatic rings. The molecular weight excluding hydrogens is 402 g/mol. The number of rotatable bonds is 7. The van der Waals surface area contributed by atoms with Crippen LogP contribution in [-0.2, 0) is 10.0 Å². The number of methoxy groups -OCH3 is 1. The van der Waals surface area contributed by atoms with Crippen molar-refractivity contribution in [1.82, 2.24) is 9.97 Å². The fourth-order valence-electron chi connectivity index (χ4n) is 2.85. The molecule has 3 aromatic rings. The topological polar surface area (TPSA) is 96.5 Å². The minimum atomic E-state index is -3.71. The Morgan fingerprint density at radius 2 is 1.60 bits per heavy atom. The van der Waals surface area contributed by atoms with E-state index in [1.807, 2.05) is 32.0 Å². The zero-order chi connectivity index (χ0) is 21.9. The number of benzene rings is 2. The number of nitrogens with one attached hydrogen (secondary N) is 2. The summed E-state index contributed by atoms with van der Waals surface area (Å²) >= 11 is 0. The Balaban J connectivity index is 1.75. The molecule has 3 rings (SSSR count). The average molecular weight is 428 g/mol. The van der Waals surface area contributed by atoms with Crippen molar-refractivity contribution in [2.45, 2.75) is 18.7 Å². The second kappa shape index (κ2) is 8.58. The van der Waals surface area contributed by atoms with Crippen LogP contribution in [0.3, 0.4) is 0 Å². The first kappa shape index (κ1) is 21.4. The Bertz CT molecular complexity index is 1150. The maximum atomic E-state index is 12.7. The minimum absolute atomic E-state index is 0.177. The molecule has 158 valence electrons. The zero-order valence-electron chi connectivity index (χ0n) is 17.6. The van der Waals surface area contributed by atoms with Gasteiger partial charge in [-0.1, -0.05) is 0 Å². The first-order valence-electron chi connectivity index (χ1n) is 9.25. The van der Waals surface area contributed by atoms with Gasteiger partial charge in [0.15, 0.2) is 0 Å². The molecular formula is C21H25N5O3S. The molecule has 0 saturated carbocycles. The summed E-state index contributed by atoms with van der Waals surface area (Å²) in [5, 5.41) is 3.21. The molecule has 0 radical (unpaired) electrons. The van der Waals surface area contributed by atoms with E-state index >= 15 is 0 Å². The molecule has 0 bridgehead atoms. The van der Waals surface area contributed by atoms with Crippen molar-refractivity contribution in [2.75, 3.05) is 36.1 Å². The second-order valence-corrected chi connectivity index (χ2v) is 8.67. The van der Waals surface area contributed by atoms with Crippen molar-refractivity contribution >= 4 is 33.0 Å². The third-order valence-corrected chi connectivity index (χ3v) is 5.75. The van der Waals surface area contributed by atoms with E-state index in [2.05, 4.69) is 20.0 Å². The average Bonchev–Trinajstić information content (AvgIpc) is 2.68. The van der Waals surface area contributed by atoms with E-state index in [4.69, 9.17) is 4.74 Å². The molecule has 0 saturated heterocycles. The molecule has 30 heavy (non-hydrogen) atoms. The summed E-state index contributed by atoms with van der Waals surface area (Å²) in [5.41, 5.74) is 1.99. The van der Waals surface area contributed by atoms with Gasteiger partial charge in [-0.2, -0.15) is 0 Å². The van der Waals surface area contributed by atoms with Gasteiger partial charge in [-0.15, -0.1) is 0 Å². The van der Waals surface area contributed by atoms with Gasteiger partial charge in [-0.3, -0.25) is 4.72 Å². The van der Waals surface area contributed by atoms with Crippen LogP contribution in [0.4, 0.5) is 23.0 Å². The van der Waals surface area contributed by atoms with E-state index in [1.54, 1.807) is 50.4 Å². The Labute approximate surface area is 177 Å². The van der Waals surface area contributed by atoms with Gasteiger partial charge in [0, 0.05) is 31.5 Å². The molecule has 0 aliphatic heterocycles. The fraction of sp³-hybridized carbons (Fsp3) is 0.238. The molecule has 0 unspecified atom stereocenters. The second-order valence-electron chi connectivity index (χ2n) is 6.99. The van der Waals surface area contributed by atoms with E-state index in [9.17, 15) is 8.42 Å². The van der Waals surface area contributed by atoms with E-state index < -0.39 is 10.0 Å². The Hall–Kier alpha value is -3.33. The van der Waals surface area contributed by atoms with Gasteiger partial charge in [-0.25, -0.2) is 18.4 Å². The molecule has 2 aromatic carbocycles. The quantitative estimate of drug-likeness (QED) is 0.593. The maximum Gasteiger partial charge on any atom is 0.261 e. The first-order chi connectivity index (χ1) is 14.2. The smallest absolute Gasteiger partial charge is 0.261 e. The molecule has 1 aromatic heterocycles. The summed E-state index contributed by atoms with van der Waals surface area (Å²) in [6.45, 7) is 3.63. The fourth-order valence-corrected chi connectivity index (χ4v) is 3.99. The molecule has 9 heteroatoms. The van der Waals surface area contributed by atoms with Crippen LogP contribution in [0.1, 0.15) is 11.4 Å². The first-order valence-corrected chi connectivity index (χ1v) is 10.7. The van der Waals surface area contributed by atoms with Crippen molar-refractivity contribution in [3.05, 3.63) is 59.9 Å². The lowest BCUT2D eigenvalue weighted by atomic mass is 10.2. The summed E-state index contributed by atoms with van der Waals surface area (Å²) in [7, 11) is 1.67. The lowest BCUT2D eigenvalue weighted by Crippen LogP contribution is -2.13. The van der Waals surface area contributed by atoms with E-state index in [-0.39, 0.29) is 4.90 Å². The molecule has 0 amide bonds. The molecule has 0 spiro atoms. The Morgan fingerprint density at radius 1 is 0.933 bits per heavy atom. The van der Waals surface area contributed by atoms with Crippen LogP contribution in [0.5, 0.6) is 5.75 Å². The van der Waals surface area contributed by atoms with Crippen LogP contribution in [0, 0.1) is 13.8 Å². The van der Waals surface area contributed by atoms with E-state index in [0.717, 1.165) is 17.1 Å². The number of sulfonamides is 1. The van der Waals surface area contributed by atoms with Gasteiger partial charge in [0.2, 0.25) is 0 Å². The number of hydrogen-bond donors (Lipinski definition) is 2. The van der Waals surface area contributed by atoms with Crippen LogP contribution in [-0.4, -0.2) is 39.6 Å². The van der Waals surface area contributed by atoms with E-state index in [1.165, 1.54) is 6.07 Å². The Morgan fingerprint density at radius 3 is 2.20 bits per heavy atom. The molecule has 8 nitrogen and oxygen atoms in total. The summed E-state index contributed by atoms with van der Waals surface area (Å²) in [6, 6.07) is 13.5. The summed E-state index contributed by atoms with van der Waals surface area (Å²) in [4.78, 5) is 10.8. The van der Waals surface area contributed by atoms with Gasteiger partial charge in [-0.05, 0) is 61.9 Å². The lowest BCUT2D eigenvalue weighted by Gasteiger charge is -2.14. The normalized spacial score (nSPS) is 11.1. The van der Waals surface area contributed by atoms with Crippen molar-refractivity contribution in [2.24, 2.45) is 0 Å². The van der Waals surface area contributed by atoms with Gasteiger partial charge in [0.05, 0.1) is 12.0 Å².